The molecule has 1 aliphatic heterocycles. The third-order valence-corrected chi connectivity index (χ3v) is 5.58. The van der Waals surface area contributed by atoms with Crippen LogP contribution in [-0.2, 0) is 32.0 Å². The van der Waals surface area contributed by atoms with E-state index >= 15 is 0 Å². The minimum Gasteiger partial charge on any atom is -0.383 e. The van der Waals surface area contributed by atoms with Crippen LogP contribution in [0.3, 0.4) is 0 Å². The molecule has 148 valence electrons. The summed E-state index contributed by atoms with van der Waals surface area (Å²) >= 11 is 20.1. The van der Waals surface area contributed by atoms with Crippen molar-refractivity contribution in [1.29, 1.82) is 0 Å². The van der Waals surface area contributed by atoms with Crippen molar-refractivity contribution < 1.29 is 18.9 Å². The molecule has 0 N–H and O–H groups in total. The molecule has 0 saturated heterocycles. The maximum Gasteiger partial charge on any atom is 0.0825 e. The van der Waals surface area contributed by atoms with E-state index in [1.165, 1.54) is 5.56 Å². The van der Waals surface area contributed by atoms with E-state index in [1.54, 1.807) is 21.3 Å². The fourth-order valence-corrected chi connectivity index (χ4v) is 4.49. The quantitative estimate of drug-likeness (QED) is 0.526. The number of alkyl halides is 3. The van der Waals surface area contributed by atoms with E-state index < -0.39 is 0 Å². The number of hydrogen-bond acceptors (Lipinski definition) is 4. The number of benzene rings is 1. The molecule has 0 radical (unpaired) electrons. The molecule has 2 rings (SSSR count). The smallest absolute Gasteiger partial charge is 0.0825 e. The summed E-state index contributed by atoms with van der Waals surface area (Å²) in [7, 11) is 4.90. The van der Waals surface area contributed by atoms with Crippen molar-refractivity contribution in [3.63, 3.8) is 0 Å². The van der Waals surface area contributed by atoms with Gasteiger partial charge in [-0.3, -0.25) is 0 Å². The lowest BCUT2D eigenvalue weighted by atomic mass is 9.86. The number of rotatable bonds is 9. The van der Waals surface area contributed by atoms with E-state index in [9.17, 15) is 0 Å². The first kappa shape index (κ1) is 22.2. The molecule has 0 bridgehead atoms. The van der Waals surface area contributed by atoms with Crippen molar-refractivity contribution in [1.82, 2.24) is 0 Å². The highest BCUT2D eigenvalue weighted by Crippen LogP contribution is 2.43. The topological polar surface area (TPSA) is 36.9 Å². The van der Waals surface area contributed by atoms with Gasteiger partial charge in [0.1, 0.15) is 0 Å². The van der Waals surface area contributed by atoms with Gasteiger partial charge in [0.2, 0.25) is 0 Å². The Labute approximate surface area is 171 Å². The van der Waals surface area contributed by atoms with Gasteiger partial charge in [0.05, 0.1) is 42.6 Å². The lowest BCUT2D eigenvalue weighted by molar-refractivity contribution is 0.124. The molecule has 7 heteroatoms. The molecule has 0 aromatic heterocycles. The number of hydrogen-bond donors (Lipinski definition) is 0. The summed E-state index contributed by atoms with van der Waals surface area (Å²) in [6.07, 6.45) is 1.88. The monoisotopic (exact) mass is 424 g/mol. The molecule has 1 aromatic rings. The second kappa shape index (κ2) is 11.1. The van der Waals surface area contributed by atoms with Crippen LogP contribution >= 0.6 is 34.8 Å². The zero-order chi connectivity index (χ0) is 19.1. The zero-order valence-electron chi connectivity index (χ0n) is 15.5. The summed E-state index contributed by atoms with van der Waals surface area (Å²) in [5, 5.41) is -1.06. The van der Waals surface area contributed by atoms with Crippen molar-refractivity contribution in [2.75, 3.05) is 47.8 Å². The van der Waals surface area contributed by atoms with Crippen LogP contribution in [0.1, 0.15) is 50.4 Å². The fourth-order valence-electron chi connectivity index (χ4n) is 3.44. The van der Waals surface area contributed by atoms with Gasteiger partial charge in [-0.25, -0.2) is 0 Å². The highest BCUT2D eigenvalue weighted by molar-refractivity contribution is 6.24. The number of aryl methyl sites for hydroxylation is 1. The van der Waals surface area contributed by atoms with Crippen molar-refractivity contribution in [3.05, 3.63) is 33.9 Å². The highest BCUT2D eigenvalue weighted by atomic mass is 35.5. The SMILES string of the molecule is COCC(Cl)c1cc2c(c(C(Cl)COC)c1C(Cl)COC)COCCC2. The predicted octanol–water partition coefficient (Wildman–Crippen LogP) is 4.93. The second-order valence-electron chi connectivity index (χ2n) is 6.36. The highest BCUT2D eigenvalue weighted by Gasteiger charge is 2.30. The Kier molecular flexibility index (Phi) is 9.45. The van der Waals surface area contributed by atoms with Gasteiger partial charge in [-0.1, -0.05) is 6.07 Å². The van der Waals surface area contributed by atoms with E-state index in [0.29, 0.717) is 26.4 Å². The molecule has 1 aromatic carbocycles. The first-order chi connectivity index (χ1) is 12.5. The molecule has 3 atom stereocenters. The number of ether oxygens (including phenoxy) is 4. The Morgan fingerprint density at radius 1 is 0.923 bits per heavy atom. The Morgan fingerprint density at radius 3 is 2.12 bits per heavy atom. The van der Waals surface area contributed by atoms with Gasteiger partial charge in [0, 0.05) is 27.9 Å². The second-order valence-corrected chi connectivity index (χ2v) is 7.94. The van der Waals surface area contributed by atoms with Crippen LogP contribution < -0.4 is 0 Å². The van der Waals surface area contributed by atoms with Crippen LogP contribution in [-0.4, -0.2) is 47.8 Å². The van der Waals surface area contributed by atoms with Crippen molar-refractivity contribution in [2.45, 2.75) is 35.6 Å². The van der Waals surface area contributed by atoms with E-state index in [4.69, 9.17) is 53.8 Å². The third-order valence-electron chi connectivity index (χ3n) is 4.53. The average molecular weight is 426 g/mol. The third kappa shape index (κ3) is 5.26. The van der Waals surface area contributed by atoms with Gasteiger partial charge in [0.15, 0.2) is 0 Å². The first-order valence-corrected chi connectivity index (χ1v) is 10.0. The Morgan fingerprint density at radius 2 is 1.50 bits per heavy atom. The van der Waals surface area contributed by atoms with Gasteiger partial charge in [-0.2, -0.15) is 0 Å². The molecular weight excluding hydrogens is 399 g/mol. The molecule has 4 nitrogen and oxygen atoms in total. The van der Waals surface area contributed by atoms with Crippen LogP contribution in [0.15, 0.2) is 6.07 Å². The van der Waals surface area contributed by atoms with Crippen LogP contribution in [0.2, 0.25) is 0 Å². The first-order valence-electron chi connectivity index (χ1n) is 8.70. The van der Waals surface area contributed by atoms with Crippen LogP contribution in [0.25, 0.3) is 0 Å². The molecule has 0 saturated carbocycles. The normalized spacial score (nSPS) is 18.1. The summed E-state index contributed by atoms with van der Waals surface area (Å²) < 4.78 is 21.7. The molecule has 26 heavy (non-hydrogen) atoms. The molecule has 1 aliphatic rings. The van der Waals surface area contributed by atoms with Gasteiger partial charge >= 0.3 is 0 Å². The van der Waals surface area contributed by atoms with E-state index in [1.807, 2.05) is 0 Å². The minimum absolute atomic E-state index is 0.326. The molecular formula is C19H27Cl3O4. The molecule has 1 heterocycles. The molecule has 3 unspecified atom stereocenters. The van der Waals surface area contributed by atoms with Crippen LogP contribution in [0.4, 0.5) is 0 Å². The number of fused-ring (bicyclic) bond motifs is 1. The lowest BCUT2D eigenvalue weighted by Gasteiger charge is -2.28. The predicted molar refractivity (Wildman–Crippen MR) is 106 cm³/mol. The summed E-state index contributed by atoms with van der Waals surface area (Å²) in [5.74, 6) is 0. The summed E-state index contributed by atoms with van der Waals surface area (Å²) in [4.78, 5) is 0. The Balaban J connectivity index is 2.69. The fraction of sp³-hybridized carbons (Fsp3) is 0.684. The van der Waals surface area contributed by atoms with Gasteiger partial charge in [-0.05, 0) is 40.7 Å². The number of halogens is 3. The largest absolute Gasteiger partial charge is 0.383 e. The van der Waals surface area contributed by atoms with E-state index in [-0.39, 0.29) is 16.1 Å². The summed E-state index contributed by atoms with van der Waals surface area (Å²) in [6, 6.07) is 2.14. The number of methoxy groups -OCH3 is 3. The zero-order valence-corrected chi connectivity index (χ0v) is 17.8. The Bertz CT molecular complexity index is 582. The molecule has 0 aliphatic carbocycles. The van der Waals surface area contributed by atoms with Gasteiger partial charge < -0.3 is 18.9 Å². The van der Waals surface area contributed by atoms with Crippen molar-refractivity contribution in [2.24, 2.45) is 0 Å². The van der Waals surface area contributed by atoms with Gasteiger partial charge in [0.25, 0.3) is 0 Å². The molecule has 0 amide bonds. The Hall–Kier alpha value is -0.0700. The lowest BCUT2D eigenvalue weighted by Crippen LogP contribution is -2.17. The summed E-state index contributed by atoms with van der Waals surface area (Å²) in [5.41, 5.74) is 5.12. The van der Waals surface area contributed by atoms with E-state index in [0.717, 1.165) is 41.7 Å². The van der Waals surface area contributed by atoms with Crippen LogP contribution in [0, 0.1) is 0 Å². The van der Waals surface area contributed by atoms with Crippen LogP contribution in [0.5, 0.6) is 0 Å². The standard InChI is InChI=1S/C19H27Cl3O4/c1-23-9-15(20)13-7-12-5-4-6-26-8-14(12)19(17(22)11-25-3)18(13)16(21)10-24-2/h7,15-17H,4-6,8-11H2,1-3H3. The molecule has 0 fully saturated rings. The summed E-state index contributed by atoms with van der Waals surface area (Å²) in [6.45, 7) is 2.35. The van der Waals surface area contributed by atoms with Crippen molar-refractivity contribution >= 4 is 34.8 Å². The molecule has 0 spiro atoms. The van der Waals surface area contributed by atoms with Gasteiger partial charge in [-0.15, -0.1) is 34.8 Å². The maximum atomic E-state index is 6.75. The maximum absolute atomic E-state index is 6.75. The van der Waals surface area contributed by atoms with Crippen molar-refractivity contribution in [3.8, 4) is 0 Å². The van der Waals surface area contributed by atoms with E-state index in [2.05, 4.69) is 6.07 Å². The minimum atomic E-state index is -0.380. The average Bonchev–Trinajstić information content (AvgIpc) is 2.85.